The van der Waals surface area contributed by atoms with E-state index in [9.17, 15) is 14.4 Å². The lowest BCUT2D eigenvalue weighted by Gasteiger charge is -2.29. The molecule has 0 radical (unpaired) electrons. The van der Waals surface area contributed by atoms with Gasteiger partial charge in [-0.05, 0) is 30.7 Å². The molecule has 0 spiro atoms. The van der Waals surface area contributed by atoms with Crippen LogP contribution in [0.3, 0.4) is 0 Å². The molecule has 1 atom stereocenters. The molecule has 0 bridgehead atoms. The Bertz CT molecular complexity index is 1120. The Morgan fingerprint density at radius 3 is 2.79 bits per heavy atom. The van der Waals surface area contributed by atoms with Crippen LogP contribution in [0.25, 0.3) is 11.0 Å². The van der Waals surface area contributed by atoms with Crippen molar-refractivity contribution in [2.45, 2.75) is 32.0 Å². The summed E-state index contributed by atoms with van der Waals surface area (Å²) in [6, 6.07) is 14.7. The van der Waals surface area contributed by atoms with E-state index in [1.165, 1.54) is 0 Å². The quantitative estimate of drug-likeness (QED) is 0.670. The van der Waals surface area contributed by atoms with Crippen molar-refractivity contribution in [3.05, 3.63) is 65.4 Å². The monoisotopic (exact) mass is 389 g/mol. The molecule has 29 heavy (non-hydrogen) atoms. The van der Waals surface area contributed by atoms with Crippen molar-refractivity contribution in [3.63, 3.8) is 0 Å². The maximum Gasteiger partial charge on any atom is 0.255 e. The topological polar surface area (TPSA) is 91.7 Å². The number of fused-ring (bicyclic) bond motifs is 2. The summed E-state index contributed by atoms with van der Waals surface area (Å²) in [6.07, 6.45) is 0.597. The molecule has 3 heterocycles. The maximum absolute atomic E-state index is 12.9. The number of nitrogens with one attached hydrogen (secondary N) is 2. The van der Waals surface area contributed by atoms with Crippen LogP contribution in [0.2, 0.25) is 0 Å². The minimum atomic E-state index is -0.615. The van der Waals surface area contributed by atoms with Gasteiger partial charge in [-0.25, -0.2) is 0 Å². The third-order valence-electron chi connectivity index (χ3n) is 5.51. The fourth-order valence-corrected chi connectivity index (χ4v) is 4.06. The van der Waals surface area contributed by atoms with Crippen LogP contribution in [0.4, 0.5) is 5.69 Å². The molecule has 2 aliphatic heterocycles. The summed E-state index contributed by atoms with van der Waals surface area (Å²) in [6.45, 7) is 0.821. The fourth-order valence-electron chi connectivity index (χ4n) is 4.06. The number of rotatable bonds is 4. The molecule has 5 rings (SSSR count). The second-order valence-electron chi connectivity index (χ2n) is 7.34. The first-order chi connectivity index (χ1) is 14.1. The average Bonchev–Trinajstić information content (AvgIpc) is 3.28. The minimum absolute atomic E-state index is 0.179. The summed E-state index contributed by atoms with van der Waals surface area (Å²) in [5, 5.41) is 6.73. The molecular weight excluding hydrogens is 370 g/mol. The van der Waals surface area contributed by atoms with E-state index >= 15 is 0 Å². The number of amides is 3. The highest BCUT2D eigenvalue weighted by atomic mass is 16.3. The predicted molar refractivity (Wildman–Crippen MR) is 106 cm³/mol. The molecule has 146 valence electrons. The van der Waals surface area contributed by atoms with E-state index in [1.54, 1.807) is 11.0 Å². The number of furan rings is 1. The Balaban J connectivity index is 1.36. The van der Waals surface area contributed by atoms with Crippen molar-refractivity contribution in [2.75, 3.05) is 5.32 Å². The lowest BCUT2D eigenvalue weighted by Crippen LogP contribution is -2.52. The Morgan fingerprint density at radius 1 is 1.10 bits per heavy atom. The van der Waals surface area contributed by atoms with E-state index in [-0.39, 0.29) is 18.2 Å². The highest BCUT2D eigenvalue weighted by molar-refractivity contribution is 6.06. The largest absolute Gasteiger partial charge is 0.459 e. The minimum Gasteiger partial charge on any atom is -0.459 e. The molecule has 3 aromatic rings. The number of anilines is 1. The van der Waals surface area contributed by atoms with E-state index in [4.69, 9.17) is 4.42 Å². The van der Waals surface area contributed by atoms with Crippen LogP contribution in [0, 0.1) is 0 Å². The van der Waals surface area contributed by atoms with Gasteiger partial charge >= 0.3 is 0 Å². The van der Waals surface area contributed by atoms with Crippen LogP contribution in [0.15, 0.2) is 52.9 Å². The van der Waals surface area contributed by atoms with Gasteiger partial charge in [0.15, 0.2) is 0 Å². The van der Waals surface area contributed by atoms with Crippen molar-refractivity contribution in [1.29, 1.82) is 0 Å². The summed E-state index contributed by atoms with van der Waals surface area (Å²) < 4.78 is 5.85. The van der Waals surface area contributed by atoms with Crippen molar-refractivity contribution in [2.24, 2.45) is 0 Å². The molecule has 2 aromatic carbocycles. The Kier molecular flexibility index (Phi) is 4.08. The first-order valence-corrected chi connectivity index (χ1v) is 9.58. The molecular formula is C22H19N3O4. The van der Waals surface area contributed by atoms with Gasteiger partial charge in [-0.15, -0.1) is 0 Å². The average molecular weight is 389 g/mol. The Labute approximate surface area is 166 Å². The zero-order valence-electron chi connectivity index (χ0n) is 15.6. The first kappa shape index (κ1) is 17.5. The summed E-state index contributed by atoms with van der Waals surface area (Å²) in [4.78, 5) is 38.1. The molecule has 7 heteroatoms. The van der Waals surface area contributed by atoms with Crippen molar-refractivity contribution in [3.8, 4) is 0 Å². The Hall–Kier alpha value is -3.61. The summed E-state index contributed by atoms with van der Waals surface area (Å²) in [7, 11) is 0. The molecule has 1 fully saturated rings. The lowest BCUT2D eigenvalue weighted by atomic mass is 10.0. The van der Waals surface area contributed by atoms with E-state index in [1.807, 2.05) is 42.5 Å². The van der Waals surface area contributed by atoms with Gasteiger partial charge in [-0.2, -0.15) is 0 Å². The normalized spacial score (nSPS) is 18.8. The second kappa shape index (κ2) is 6.77. The van der Waals surface area contributed by atoms with Crippen molar-refractivity contribution in [1.82, 2.24) is 10.2 Å². The molecule has 1 aromatic heterocycles. The Morgan fingerprint density at radius 2 is 1.97 bits per heavy atom. The van der Waals surface area contributed by atoms with E-state index in [0.717, 1.165) is 28.0 Å². The SMILES string of the molecule is O=C1CCC(N2Cc3c(NCc4cc5ccccc5o4)cccc3C2=O)C(=O)N1. The molecule has 2 aliphatic rings. The van der Waals surface area contributed by atoms with Crippen LogP contribution in [0.1, 0.15) is 34.5 Å². The van der Waals surface area contributed by atoms with E-state index in [0.29, 0.717) is 25.1 Å². The third kappa shape index (κ3) is 3.04. The van der Waals surface area contributed by atoms with Crippen LogP contribution >= 0.6 is 0 Å². The number of nitrogens with zero attached hydrogens (tertiary/aromatic N) is 1. The lowest BCUT2D eigenvalue weighted by molar-refractivity contribution is -0.136. The highest BCUT2D eigenvalue weighted by Gasteiger charge is 2.39. The number of carbonyl (C=O) groups excluding carboxylic acids is 3. The van der Waals surface area contributed by atoms with Crippen molar-refractivity contribution >= 4 is 34.4 Å². The number of carbonyl (C=O) groups is 3. The molecule has 3 amide bonds. The first-order valence-electron chi connectivity index (χ1n) is 9.58. The number of hydrogen-bond donors (Lipinski definition) is 2. The summed E-state index contributed by atoms with van der Waals surface area (Å²) in [5.74, 6) is -0.0696. The molecule has 0 saturated carbocycles. The van der Waals surface area contributed by atoms with Gasteiger partial charge in [0.05, 0.1) is 6.54 Å². The standard InChI is InChI=1S/C22H19N3O4/c26-20-9-8-18(21(27)24-20)25-12-16-15(22(25)28)5-3-6-17(16)23-11-14-10-13-4-1-2-7-19(13)29-14/h1-7,10,18,23H,8-9,11-12H2,(H,24,26,27). The number of imide groups is 1. The molecule has 2 N–H and O–H groups in total. The van der Waals surface area contributed by atoms with Crippen LogP contribution in [-0.4, -0.2) is 28.7 Å². The smallest absolute Gasteiger partial charge is 0.255 e. The zero-order valence-corrected chi connectivity index (χ0v) is 15.6. The highest BCUT2D eigenvalue weighted by Crippen LogP contribution is 2.32. The van der Waals surface area contributed by atoms with Gasteiger partial charge in [0.25, 0.3) is 5.91 Å². The van der Waals surface area contributed by atoms with Gasteiger partial charge in [0, 0.05) is 35.2 Å². The number of benzene rings is 2. The van der Waals surface area contributed by atoms with Gasteiger partial charge in [-0.3, -0.25) is 19.7 Å². The molecule has 0 aliphatic carbocycles. The van der Waals surface area contributed by atoms with Crippen molar-refractivity contribution < 1.29 is 18.8 Å². The fraction of sp³-hybridized carbons (Fsp3) is 0.227. The van der Waals surface area contributed by atoms with Crippen LogP contribution < -0.4 is 10.6 Å². The van der Waals surface area contributed by atoms with E-state index in [2.05, 4.69) is 10.6 Å². The molecule has 7 nitrogen and oxygen atoms in total. The van der Waals surface area contributed by atoms with Gasteiger partial charge in [0.2, 0.25) is 11.8 Å². The zero-order chi connectivity index (χ0) is 20.0. The van der Waals surface area contributed by atoms with Gasteiger partial charge in [-0.1, -0.05) is 24.3 Å². The molecule has 1 saturated heterocycles. The third-order valence-corrected chi connectivity index (χ3v) is 5.51. The molecule has 1 unspecified atom stereocenters. The number of hydrogen-bond acceptors (Lipinski definition) is 5. The van der Waals surface area contributed by atoms with Crippen LogP contribution in [0.5, 0.6) is 0 Å². The van der Waals surface area contributed by atoms with Crippen LogP contribution in [-0.2, 0) is 22.7 Å². The number of piperidine rings is 1. The predicted octanol–water partition coefficient (Wildman–Crippen LogP) is 2.81. The second-order valence-corrected chi connectivity index (χ2v) is 7.34. The van der Waals surface area contributed by atoms with Gasteiger partial charge in [0.1, 0.15) is 17.4 Å². The maximum atomic E-state index is 12.9. The number of para-hydroxylation sites is 1. The summed E-state index contributed by atoms with van der Waals surface area (Å²) in [5.41, 5.74) is 3.12. The summed E-state index contributed by atoms with van der Waals surface area (Å²) >= 11 is 0. The van der Waals surface area contributed by atoms with E-state index < -0.39 is 11.9 Å². The van der Waals surface area contributed by atoms with Gasteiger partial charge < -0.3 is 14.6 Å².